The summed E-state index contributed by atoms with van der Waals surface area (Å²) < 4.78 is 5.76. The lowest BCUT2D eigenvalue weighted by atomic mass is 10.2. The maximum Gasteiger partial charge on any atom is 0.257 e. The minimum atomic E-state index is -0.165. The summed E-state index contributed by atoms with van der Waals surface area (Å²) in [7, 11) is 3.90. The molecule has 1 N–H and O–H groups in total. The van der Waals surface area contributed by atoms with Gasteiger partial charge in [-0.15, -0.1) is 0 Å². The van der Waals surface area contributed by atoms with E-state index in [0.717, 1.165) is 30.3 Å². The van der Waals surface area contributed by atoms with Gasteiger partial charge in [0.15, 0.2) is 0 Å². The standard InChI is InChI=1S/C20H26N4O2/c1-14-12-24(13-15(2)26-14)19-10-9-16(11-21-19)20(25)22-17-7-5-6-8-18(17)23(3)4/h5-11,14-15H,12-13H2,1-4H3,(H,22,25)/t14-,15+. The van der Waals surface area contributed by atoms with Gasteiger partial charge in [0.05, 0.1) is 29.1 Å². The van der Waals surface area contributed by atoms with E-state index in [1.54, 1.807) is 6.20 Å². The van der Waals surface area contributed by atoms with Gasteiger partial charge in [-0.3, -0.25) is 4.79 Å². The Morgan fingerprint density at radius 1 is 1.15 bits per heavy atom. The molecule has 0 saturated carbocycles. The van der Waals surface area contributed by atoms with Crippen LogP contribution >= 0.6 is 0 Å². The minimum Gasteiger partial charge on any atom is -0.376 e. The van der Waals surface area contributed by atoms with Crippen LogP contribution in [0.1, 0.15) is 24.2 Å². The van der Waals surface area contributed by atoms with Crippen LogP contribution in [0.4, 0.5) is 17.2 Å². The molecule has 2 atom stereocenters. The van der Waals surface area contributed by atoms with Gasteiger partial charge in [0.25, 0.3) is 5.91 Å². The van der Waals surface area contributed by atoms with Gasteiger partial charge in [-0.05, 0) is 38.1 Å². The van der Waals surface area contributed by atoms with E-state index in [4.69, 9.17) is 4.74 Å². The van der Waals surface area contributed by atoms with Crippen molar-refractivity contribution in [3.63, 3.8) is 0 Å². The highest BCUT2D eigenvalue weighted by atomic mass is 16.5. The lowest BCUT2D eigenvalue weighted by molar-refractivity contribution is -0.00546. The van der Waals surface area contributed by atoms with Gasteiger partial charge in [0, 0.05) is 33.4 Å². The number of hydrogen-bond donors (Lipinski definition) is 1. The van der Waals surface area contributed by atoms with Crippen molar-refractivity contribution in [3.05, 3.63) is 48.2 Å². The summed E-state index contributed by atoms with van der Waals surface area (Å²) >= 11 is 0. The predicted octanol–water partition coefficient (Wildman–Crippen LogP) is 3.01. The van der Waals surface area contributed by atoms with Crippen LogP contribution in [0.2, 0.25) is 0 Å². The number of nitrogens with zero attached hydrogens (tertiary/aromatic N) is 3. The van der Waals surface area contributed by atoms with Crippen LogP contribution in [0.25, 0.3) is 0 Å². The highest BCUT2D eigenvalue weighted by molar-refractivity contribution is 6.05. The number of carbonyl (C=O) groups excluding carboxylic acids is 1. The number of ether oxygens (including phenoxy) is 1. The van der Waals surface area contributed by atoms with Crippen molar-refractivity contribution in [1.29, 1.82) is 0 Å². The van der Waals surface area contributed by atoms with E-state index in [1.807, 2.05) is 55.4 Å². The molecule has 1 fully saturated rings. The Bertz CT molecular complexity index is 751. The fourth-order valence-electron chi connectivity index (χ4n) is 3.24. The van der Waals surface area contributed by atoms with Crippen LogP contribution in [0.3, 0.4) is 0 Å². The molecular formula is C20H26N4O2. The van der Waals surface area contributed by atoms with E-state index in [-0.39, 0.29) is 18.1 Å². The number of nitrogens with one attached hydrogen (secondary N) is 1. The van der Waals surface area contributed by atoms with Crippen molar-refractivity contribution in [2.75, 3.05) is 42.3 Å². The smallest absolute Gasteiger partial charge is 0.257 e. The zero-order valence-electron chi connectivity index (χ0n) is 15.8. The van der Waals surface area contributed by atoms with Crippen LogP contribution in [-0.2, 0) is 4.74 Å². The lowest BCUT2D eigenvalue weighted by Gasteiger charge is -2.36. The molecular weight excluding hydrogens is 328 g/mol. The van der Waals surface area contributed by atoms with Gasteiger partial charge in [0.1, 0.15) is 5.82 Å². The number of para-hydroxylation sites is 2. The van der Waals surface area contributed by atoms with Crippen molar-refractivity contribution in [1.82, 2.24) is 4.98 Å². The van der Waals surface area contributed by atoms with Gasteiger partial charge in [0.2, 0.25) is 0 Å². The maximum atomic E-state index is 12.6. The summed E-state index contributed by atoms with van der Waals surface area (Å²) in [6.45, 7) is 5.73. The van der Waals surface area contributed by atoms with E-state index in [0.29, 0.717) is 5.56 Å². The van der Waals surface area contributed by atoms with Crippen LogP contribution < -0.4 is 15.1 Å². The molecule has 1 aromatic carbocycles. The number of amides is 1. The van der Waals surface area contributed by atoms with E-state index in [9.17, 15) is 4.79 Å². The van der Waals surface area contributed by atoms with Gasteiger partial charge in [-0.25, -0.2) is 4.98 Å². The Hall–Kier alpha value is -2.60. The van der Waals surface area contributed by atoms with E-state index < -0.39 is 0 Å². The second kappa shape index (κ2) is 7.74. The molecule has 1 saturated heterocycles. The Morgan fingerprint density at radius 3 is 2.46 bits per heavy atom. The first-order chi connectivity index (χ1) is 12.4. The number of benzene rings is 1. The Kier molecular flexibility index (Phi) is 5.42. The third kappa shape index (κ3) is 4.14. The molecule has 0 spiro atoms. The molecule has 0 aliphatic carbocycles. The first-order valence-electron chi connectivity index (χ1n) is 8.88. The molecule has 0 bridgehead atoms. The first kappa shape index (κ1) is 18.2. The maximum absolute atomic E-state index is 12.6. The van der Waals surface area contributed by atoms with E-state index in [2.05, 4.69) is 29.0 Å². The first-order valence-corrected chi connectivity index (χ1v) is 8.88. The zero-order chi connectivity index (χ0) is 18.7. The Labute approximate surface area is 154 Å². The van der Waals surface area contributed by atoms with Gasteiger partial charge < -0.3 is 19.9 Å². The van der Waals surface area contributed by atoms with Crippen molar-refractivity contribution in [2.24, 2.45) is 0 Å². The highest BCUT2D eigenvalue weighted by Crippen LogP contribution is 2.24. The average Bonchev–Trinajstić information content (AvgIpc) is 2.61. The molecule has 138 valence electrons. The molecule has 1 aromatic heterocycles. The zero-order valence-corrected chi connectivity index (χ0v) is 15.8. The summed E-state index contributed by atoms with van der Waals surface area (Å²) in [6.07, 6.45) is 1.98. The van der Waals surface area contributed by atoms with Crippen molar-refractivity contribution >= 4 is 23.1 Å². The summed E-state index contributed by atoms with van der Waals surface area (Å²) in [6, 6.07) is 11.4. The van der Waals surface area contributed by atoms with Gasteiger partial charge in [-0.2, -0.15) is 0 Å². The van der Waals surface area contributed by atoms with Crippen LogP contribution in [0.5, 0.6) is 0 Å². The second-order valence-electron chi connectivity index (χ2n) is 6.93. The fourth-order valence-corrected chi connectivity index (χ4v) is 3.24. The van der Waals surface area contributed by atoms with E-state index >= 15 is 0 Å². The Balaban J connectivity index is 1.72. The highest BCUT2D eigenvalue weighted by Gasteiger charge is 2.23. The second-order valence-corrected chi connectivity index (χ2v) is 6.93. The average molecular weight is 354 g/mol. The number of morpholine rings is 1. The molecule has 1 aliphatic rings. The summed E-state index contributed by atoms with van der Waals surface area (Å²) in [5.41, 5.74) is 2.28. The third-order valence-corrected chi connectivity index (χ3v) is 4.39. The third-order valence-electron chi connectivity index (χ3n) is 4.39. The van der Waals surface area contributed by atoms with Crippen molar-refractivity contribution in [2.45, 2.75) is 26.1 Å². The summed E-state index contributed by atoms with van der Waals surface area (Å²) in [5, 5.41) is 2.97. The summed E-state index contributed by atoms with van der Waals surface area (Å²) in [4.78, 5) is 21.2. The number of pyridine rings is 1. The van der Waals surface area contributed by atoms with Crippen LogP contribution in [0.15, 0.2) is 42.6 Å². The number of rotatable bonds is 4. The number of hydrogen-bond acceptors (Lipinski definition) is 5. The van der Waals surface area contributed by atoms with E-state index in [1.165, 1.54) is 0 Å². The molecule has 0 unspecified atom stereocenters. The normalized spacial score (nSPS) is 19.9. The summed E-state index contributed by atoms with van der Waals surface area (Å²) in [5.74, 6) is 0.708. The SMILES string of the molecule is C[C@@H]1CN(c2ccc(C(=O)Nc3ccccc3N(C)C)cn2)C[C@H](C)O1. The number of aromatic nitrogens is 1. The number of anilines is 3. The fraction of sp³-hybridized carbons (Fsp3) is 0.400. The lowest BCUT2D eigenvalue weighted by Crippen LogP contribution is -2.45. The molecule has 6 heteroatoms. The quantitative estimate of drug-likeness (QED) is 0.915. The number of carbonyl (C=O) groups is 1. The molecule has 6 nitrogen and oxygen atoms in total. The van der Waals surface area contributed by atoms with Crippen LogP contribution in [0, 0.1) is 0 Å². The molecule has 1 aliphatic heterocycles. The molecule has 3 rings (SSSR count). The van der Waals surface area contributed by atoms with Crippen molar-refractivity contribution in [3.8, 4) is 0 Å². The largest absolute Gasteiger partial charge is 0.376 e. The molecule has 26 heavy (non-hydrogen) atoms. The van der Waals surface area contributed by atoms with Gasteiger partial charge in [-0.1, -0.05) is 12.1 Å². The molecule has 2 aromatic rings. The minimum absolute atomic E-state index is 0.165. The monoisotopic (exact) mass is 354 g/mol. The predicted molar refractivity (Wildman–Crippen MR) is 105 cm³/mol. The topological polar surface area (TPSA) is 57.7 Å². The van der Waals surface area contributed by atoms with Crippen molar-refractivity contribution < 1.29 is 9.53 Å². The van der Waals surface area contributed by atoms with Gasteiger partial charge >= 0.3 is 0 Å². The Morgan fingerprint density at radius 2 is 1.85 bits per heavy atom. The molecule has 2 heterocycles. The molecule has 1 amide bonds. The molecule has 0 radical (unpaired) electrons. The van der Waals surface area contributed by atoms with Crippen LogP contribution in [-0.4, -0.2) is 50.3 Å².